The van der Waals surface area contributed by atoms with Crippen LogP contribution in [-0.2, 0) is 21.2 Å². The van der Waals surface area contributed by atoms with Gasteiger partial charge in [-0.05, 0) is 36.9 Å². The van der Waals surface area contributed by atoms with Gasteiger partial charge >= 0.3 is 6.09 Å². The van der Waals surface area contributed by atoms with Crippen LogP contribution < -0.4 is 15.4 Å². The summed E-state index contributed by atoms with van der Waals surface area (Å²) in [6.07, 6.45) is 0.191. The summed E-state index contributed by atoms with van der Waals surface area (Å²) < 4.78 is 38.6. The number of ether oxygens (including phenoxy) is 2. The lowest BCUT2D eigenvalue weighted by atomic mass is 10.0. The minimum Gasteiger partial charge on any atom is -0.481 e. The van der Waals surface area contributed by atoms with Gasteiger partial charge in [0.1, 0.15) is 11.0 Å². The highest BCUT2D eigenvalue weighted by atomic mass is 32.2. The molecular weight excluding hydrogens is 484 g/mol. The standard InChI is InChI=1S/C25H36N4O6S/c1-18(2)16-29(36(32,33)21-9-10-24(34-3)27-15-21)17-23(30)22(13-19-7-5-4-6-8-19)28-25(31)35-20-11-12-26-14-20/h4-10,15,18,20,22-23,26,30H,11-14,16-17H2,1-3H3,(H,28,31)/t20-,22-,23+/m0/s1. The monoisotopic (exact) mass is 520 g/mol. The number of sulfonamides is 1. The number of methoxy groups -OCH3 is 1. The van der Waals surface area contributed by atoms with E-state index in [9.17, 15) is 18.3 Å². The summed E-state index contributed by atoms with van der Waals surface area (Å²) in [5.74, 6) is 0.297. The summed E-state index contributed by atoms with van der Waals surface area (Å²) >= 11 is 0. The summed E-state index contributed by atoms with van der Waals surface area (Å²) in [4.78, 5) is 16.6. The third-order valence-electron chi connectivity index (χ3n) is 5.87. The average molecular weight is 521 g/mol. The van der Waals surface area contributed by atoms with Gasteiger partial charge in [-0.2, -0.15) is 4.31 Å². The Hall–Kier alpha value is -2.73. The van der Waals surface area contributed by atoms with Crippen LogP contribution in [0.25, 0.3) is 0 Å². The molecule has 1 saturated heterocycles. The first kappa shape index (κ1) is 27.9. The summed E-state index contributed by atoms with van der Waals surface area (Å²) in [6.45, 7) is 5.12. The van der Waals surface area contributed by atoms with Crippen molar-refractivity contribution < 1.29 is 27.8 Å². The lowest BCUT2D eigenvalue weighted by Gasteiger charge is -2.30. The molecule has 11 heteroatoms. The van der Waals surface area contributed by atoms with Gasteiger partial charge in [-0.25, -0.2) is 18.2 Å². The van der Waals surface area contributed by atoms with Crippen molar-refractivity contribution >= 4 is 16.1 Å². The highest BCUT2D eigenvalue weighted by Gasteiger charge is 2.32. The summed E-state index contributed by atoms with van der Waals surface area (Å²) in [6, 6.07) is 11.5. The molecule has 0 bridgehead atoms. The van der Waals surface area contributed by atoms with Crippen LogP contribution in [0.4, 0.5) is 4.79 Å². The Labute approximate surface area is 213 Å². The lowest BCUT2D eigenvalue weighted by molar-refractivity contribution is 0.0756. The molecule has 3 N–H and O–H groups in total. The maximum Gasteiger partial charge on any atom is 0.407 e. The normalized spacial score (nSPS) is 17.7. The molecule has 36 heavy (non-hydrogen) atoms. The smallest absolute Gasteiger partial charge is 0.407 e. The van der Waals surface area contributed by atoms with E-state index < -0.39 is 28.3 Å². The number of aliphatic hydroxyl groups excluding tert-OH is 1. The average Bonchev–Trinajstić information content (AvgIpc) is 3.36. The van der Waals surface area contributed by atoms with Gasteiger partial charge < -0.3 is 25.2 Å². The summed E-state index contributed by atoms with van der Waals surface area (Å²) in [5, 5.41) is 17.1. The van der Waals surface area contributed by atoms with Crippen molar-refractivity contribution in [3.05, 3.63) is 54.2 Å². The Kier molecular flexibility index (Phi) is 10.1. The van der Waals surface area contributed by atoms with Gasteiger partial charge in [-0.3, -0.25) is 0 Å². The molecule has 0 saturated carbocycles. The minimum atomic E-state index is -3.97. The fraction of sp³-hybridized carbons (Fsp3) is 0.520. The van der Waals surface area contributed by atoms with Gasteiger partial charge in [0.05, 0.1) is 25.5 Å². The molecule has 10 nitrogen and oxygen atoms in total. The SMILES string of the molecule is COc1ccc(S(=O)(=O)N(CC(C)C)C[C@@H](O)[C@H](Cc2ccccc2)NC(=O)O[C@H]2CCNC2)cn1. The van der Waals surface area contributed by atoms with Crippen LogP contribution in [0.2, 0.25) is 0 Å². The van der Waals surface area contributed by atoms with Crippen LogP contribution >= 0.6 is 0 Å². The second kappa shape index (κ2) is 13.0. The zero-order valence-electron chi connectivity index (χ0n) is 21.0. The van der Waals surface area contributed by atoms with Gasteiger partial charge in [-0.15, -0.1) is 0 Å². The van der Waals surface area contributed by atoms with E-state index in [-0.39, 0.29) is 30.0 Å². The van der Waals surface area contributed by atoms with E-state index in [0.29, 0.717) is 18.8 Å². The number of nitrogens with one attached hydrogen (secondary N) is 2. The van der Waals surface area contributed by atoms with Crippen LogP contribution in [0.5, 0.6) is 5.88 Å². The largest absolute Gasteiger partial charge is 0.481 e. The first-order valence-electron chi connectivity index (χ1n) is 12.1. The van der Waals surface area contributed by atoms with E-state index in [1.54, 1.807) is 0 Å². The Balaban J connectivity index is 1.80. The number of nitrogens with zero attached hydrogens (tertiary/aromatic N) is 2. The van der Waals surface area contributed by atoms with Gasteiger partial charge in [0.2, 0.25) is 15.9 Å². The molecule has 3 atom stereocenters. The van der Waals surface area contributed by atoms with Crippen molar-refractivity contribution in [1.82, 2.24) is 19.9 Å². The molecule has 1 aromatic heterocycles. The van der Waals surface area contributed by atoms with E-state index >= 15 is 0 Å². The van der Waals surface area contributed by atoms with E-state index in [1.165, 1.54) is 29.7 Å². The molecule has 0 radical (unpaired) electrons. The highest BCUT2D eigenvalue weighted by molar-refractivity contribution is 7.89. The van der Waals surface area contributed by atoms with Gasteiger partial charge in [0, 0.05) is 25.7 Å². The molecule has 3 rings (SSSR count). The fourth-order valence-electron chi connectivity index (χ4n) is 4.02. The van der Waals surface area contributed by atoms with E-state index in [0.717, 1.165) is 18.5 Å². The number of hydrogen-bond donors (Lipinski definition) is 3. The number of aromatic nitrogens is 1. The van der Waals surface area contributed by atoms with Crippen LogP contribution in [0, 0.1) is 5.92 Å². The number of rotatable bonds is 12. The number of amides is 1. The van der Waals surface area contributed by atoms with Crippen LogP contribution in [0.1, 0.15) is 25.8 Å². The summed E-state index contributed by atoms with van der Waals surface area (Å²) in [7, 11) is -2.52. The Bertz CT molecular complexity index is 1060. The van der Waals surface area contributed by atoms with Crippen molar-refractivity contribution in [3.8, 4) is 5.88 Å². The van der Waals surface area contributed by atoms with Gasteiger partial charge in [-0.1, -0.05) is 44.2 Å². The fourth-order valence-corrected chi connectivity index (χ4v) is 5.59. The predicted octanol–water partition coefficient (Wildman–Crippen LogP) is 1.80. The molecule has 0 unspecified atom stereocenters. The Morgan fingerprint density at radius 2 is 1.97 bits per heavy atom. The number of alkyl carbamates (subject to hydrolysis) is 1. The molecule has 1 aliphatic heterocycles. The molecule has 1 aliphatic rings. The van der Waals surface area contributed by atoms with Crippen molar-refractivity contribution in [3.63, 3.8) is 0 Å². The predicted molar refractivity (Wildman–Crippen MR) is 135 cm³/mol. The lowest BCUT2D eigenvalue weighted by Crippen LogP contribution is -2.51. The quantitative estimate of drug-likeness (QED) is 0.386. The van der Waals surface area contributed by atoms with Crippen molar-refractivity contribution in [2.45, 2.75) is 49.8 Å². The molecule has 2 heterocycles. The molecule has 1 amide bonds. The molecule has 198 valence electrons. The third-order valence-corrected chi connectivity index (χ3v) is 7.69. The second-order valence-electron chi connectivity index (χ2n) is 9.28. The topological polar surface area (TPSA) is 130 Å². The van der Waals surface area contributed by atoms with E-state index in [2.05, 4.69) is 15.6 Å². The third kappa shape index (κ3) is 7.89. The van der Waals surface area contributed by atoms with Gasteiger partial charge in [0.15, 0.2) is 0 Å². The maximum absolute atomic E-state index is 13.5. The second-order valence-corrected chi connectivity index (χ2v) is 11.2. The Morgan fingerprint density at radius 3 is 2.56 bits per heavy atom. The molecule has 0 spiro atoms. The van der Waals surface area contributed by atoms with Crippen LogP contribution in [-0.4, -0.2) is 80.4 Å². The zero-order valence-corrected chi connectivity index (χ0v) is 21.8. The molecular formula is C25H36N4O6S. The van der Waals surface area contributed by atoms with Crippen LogP contribution in [0.3, 0.4) is 0 Å². The summed E-state index contributed by atoms with van der Waals surface area (Å²) in [5.41, 5.74) is 0.891. The van der Waals surface area contributed by atoms with E-state index in [4.69, 9.17) is 9.47 Å². The molecule has 1 aromatic carbocycles. The van der Waals surface area contributed by atoms with E-state index in [1.807, 2.05) is 44.2 Å². The number of benzene rings is 1. The number of hydrogen-bond acceptors (Lipinski definition) is 8. The van der Waals surface area contributed by atoms with Crippen molar-refractivity contribution in [2.24, 2.45) is 5.92 Å². The first-order chi connectivity index (χ1) is 17.2. The number of aliphatic hydroxyl groups is 1. The van der Waals surface area contributed by atoms with Crippen molar-refractivity contribution in [2.75, 3.05) is 33.3 Å². The molecule has 2 aromatic rings. The molecule has 0 aliphatic carbocycles. The van der Waals surface area contributed by atoms with Crippen molar-refractivity contribution in [1.29, 1.82) is 0 Å². The first-order valence-corrected chi connectivity index (χ1v) is 13.5. The van der Waals surface area contributed by atoms with Crippen LogP contribution in [0.15, 0.2) is 53.6 Å². The molecule has 1 fully saturated rings. The maximum atomic E-state index is 13.5. The highest BCUT2D eigenvalue weighted by Crippen LogP contribution is 2.20. The zero-order chi connectivity index (χ0) is 26.1. The number of carbonyl (C=O) groups is 1. The minimum absolute atomic E-state index is 0.00135. The number of carbonyl (C=O) groups excluding carboxylic acids is 1. The Morgan fingerprint density at radius 1 is 1.22 bits per heavy atom. The van der Waals surface area contributed by atoms with Gasteiger partial charge in [0.25, 0.3) is 0 Å². The number of pyridine rings is 1.